The molecule has 6 heteroatoms. The minimum Gasteiger partial charge on any atom is -0.497 e. The van der Waals surface area contributed by atoms with Gasteiger partial charge in [0.25, 0.3) is 5.91 Å². The molecule has 34 heavy (non-hydrogen) atoms. The highest BCUT2D eigenvalue weighted by molar-refractivity contribution is 6.09. The van der Waals surface area contributed by atoms with Crippen molar-refractivity contribution in [3.05, 3.63) is 95.6 Å². The molecule has 3 aromatic carbocycles. The summed E-state index contributed by atoms with van der Waals surface area (Å²) in [6.45, 7) is 4.12. The summed E-state index contributed by atoms with van der Waals surface area (Å²) in [5.74, 6) is 0.976. The van der Waals surface area contributed by atoms with Gasteiger partial charge in [-0.05, 0) is 74.4 Å². The smallest absolute Gasteiger partial charge is 0.262 e. The second kappa shape index (κ2) is 9.83. The summed E-state index contributed by atoms with van der Waals surface area (Å²) >= 11 is 0. The first-order valence-electron chi connectivity index (χ1n) is 11.1. The summed E-state index contributed by atoms with van der Waals surface area (Å²) in [5.41, 5.74) is 3.85. The second-order valence-electron chi connectivity index (χ2n) is 8.86. The van der Waals surface area contributed by atoms with Crippen molar-refractivity contribution >= 4 is 23.1 Å². The molecule has 2 N–H and O–H groups in total. The molecule has 1 aliphatic heterocycles. The number of hydrogen-bond acceptors (Lipinski definition) is 5. The number of benzene rings is 3. The maximum absolute atomic E-state index is 13.0. The number of para-hydroxylation sites is 1. The molecule has 0 aliphatic carbocycles. The van der Waals surface area contributed by atoms with E-state index < -0.39 is 0 Å². The van der Waals surface area contributed by atoms with Crippen molar-refractivity contribution in [3.8, 4) is 11.5 Å². The number of fused-ring (bicyclic) bond motifs is 1. The van der Waals surface area contributed by atoms with Crippen LogP contribution in [-0.2, 0) is 11.2 Å². The molecule has 174 valence electrons. The van der Waals surface area contributed by atoms with Crippen LogP contribution in [0.2, 0.25) is 0 Å². The predicted octanol–water partition coefficient (Wildman–Crippen LogP) is 4.86. The number of carbonyl (C=O) groups is 2. The molecule has 0 bridgehead atoms. The highest BCUT2D eigenvalue weighted by Gasteiger charge is 2.28. The Morgan fingerprint density at radius 1 is 1.00 bits per heavy atom. The van der Waals surface area contributed by atoms with Crippen molar-refractivity contribution in [2.75, 3.05) is 19.0 Å². The van der Waals surface area contributed by atoms with Crippen molar-refractivity contribution in [1.29, 1.82) is 0 Å². The summed E-state index contributed by atoms with van der Waals surface area (Å²) in [6, 6.07) is 21.9. The molecule has 4 rings (SSSR count). The number of amides is 1. The van der Waals surface area contributed by atoms with Crippen molar-refractivity contribution < 1.29 is 19.1 Å². The van der Waals surface area contributed by atoms with Gasteiger partial charge in [0.05, 0.1) is 7.11 Å². The average Bonchev–Trinajstić information content (AvgIpc) is 2.83. The van der Waals surface area contributed by atoms with Gasteiger partial charge in [0.2, 0.25) is 0 Å². The predicted molar refractivity (Wildman–Crippen MR) is 133 cm³/mol. The molecular formula is C28H28N2O4. The Bertz CT molecular complexity index is 1210. The van der Waals surface area contributed by atoms with Crippen LogP contribution in [0.1, 0.15) is 35.3 Å². The third-order valence-corrected chi connectivity index (χ3v) is 5.55. The minimum atomic E-state index is -0.274. The fourth-order valence-corrected chi connectivity index (χ4v) is 3.95. The molecule has 0 atom stereocenters. The summed E-state index contributed by atoms with van der Waals surface area (Å²) in [5, 5.41) is 6.26. The Balaban J connectivity index is 1.45. The van der Waals surface area contributed by atoms with Gasteiger partial charge in [-0.3, -0.25) is 9.59 Å². The van der Waals surface area contributed by atoms with Crippen LogP contribution in [0.3, 0.4) is 0 Å². The molecule has 0 aromatic heterocycles. The fourth-order valence-electron chi connectivity index (χ4n) is 3.95. The van der Waals surface area contributed by atoms with Gasteiger partial charge in [-0.25, -0.2) is 0 Å². The second-order valence-corrected chi connectivity index (χ2v) is 8.86. The Labute approximate surface area is 199 Å². The lowest BCUT2D eigenvalue weighted by Crippen LogP contribution is -2.43. The van der Waals surface area contributed by atoms with Crippen LogP contribution >= 0.6 is 0 Å². The van der Waals surface area contributed by atoms with Crippen LogP contribution in [0.4, 0.5) is 5.69 Å². The minimum absolute atomic E-state index is 0.0961. The van der Waals surface area contributed by atoms with Crippen LogP contribution < -0.4 is 20.1 Å². The van der Waals surface area contributed by atoms with Gasteiger partial charge >= 0.3 is 0 Å². The SMILES string of the molecule is COc1ccc2c(c1)C(=CC(=O)c1ccc(NC(=O)COc3ccccc3)cc1)NC(C)(C)C2. The number of allylic oxidation sites excluding steroid dienone is 1. The molecule has 0 saturated heterocycles. The number of ether oxygens (including phenoxy) is 2. The molecule has 0 fully saturated rings. The number of hydrogen-bond donors (Lipinski definition) is 2. The molecule has 0 spiro atoms. The molecule has 0 unspecified atom stereocenters. The van der Waals surface area contributed by atoms with E-state index in [1.165, 1.54) is 5.56 Å². The van der Waals surface area contributed by atoms with Gasteiger partial charge in [-0.1, -0.05) is 24.3 Å². The standard InChI is InChI=1S/C28H28N2O4/c1-28(2)17-20-11-14-23(33-3)15-24(20)25(30-28)16-26(31)19-9-12-21(13-10-19)29-27(32)18-34-22-7-5-4-6-8-22/h4-16,30H,17-18H2,1-3H3,(H,29,32). The van der Waals surface area contributed by atoms with E-state index in [1.807, 2.05) is 36.4 Å². The van der Waals surface area contributed by atoms with Gasteiger partial charge in [0.15, 0.2) is 12.4 Å². The molecular weight excluding hydrogens is 428 g/mol. The van der Waals surface area contributed by atoms with Crippen LogP contribution in [-0.4, -0.2) is 30.9 Å². The Morgan fingerprint density at radius 2 is 1.74 bits per heavy atom. The van der Waals surface area contributed by atoms with E-state index in [2.05, 4.69) is 24.5 Å². The highest BCUT2D eigenvalue weighted by Crippen LogP contribution is 2.32. The number of ketones is 1. The maximum Gasteiger partial charge on any atom is 0.262 e. The summed E-state index contributed by atoms with van der Waals surface area (Å²) < 4.78 is 10.8. The van der Waals surface area contributed by atoms with E-state index in [-0.39, 0.29) is 23.8 Å². The number of carbonyl (C=O) groups excluding carboxylic acids is 2. The topological polar surface area (TPSA) is 76.7 Å². The molecule has 1 aliphatic rings. The lowest BCUT2D eigenvalue weighted by molar-refractivity contribution is -0.118. The van der Waals surface area contributed by atoms with Gasteiger partial charge in [-0.2, -0.15) is 0 Å². The Hall–Kier alpha value is -4.06. The summed E-state index contributed by atoms with van der Waals surface area (Å²) in [7, 11) is 1.63. The van der Waals surface area contributed by atoms with Crippen LogP contribution in [0.5, 0.6) is 11.5 Å². The van der Waals surface area contributed by atoms with Crippen molar-refractivity contribution in [2.45, 2.75) is 25.8 Å². The normalized spacial score (nSPS) is 15.1. The number of methoxy groups -OCH3 is 1. The summed E-state index contributed by atoms with van der Waals surface area (Å²) in [4.78, 5) is 25.2. The third kappa shape index (κ3) is 5.64. The monoisotopic (exact) mass is 456 g/mol. The lowest BCUT2D eigenvalue weighted by atomic mass is 9.85. The highest BCUT2D eigenvalue weighted by atomic mass is 16.5. The molecule has 0 saturated carbocycles. The van der Waals surface area contributed by atoms with Gasteiger partial charge < -0.3 is 20.1 Å². The zero-order valence-corrected chi connectivity index (χ0v) is 19.6. The lowest BCUT2D eigenvalue weighted by Gasteiger charge is -2.35. The van der Waals surface area contributed by atoms with E-state index in [9.17, 15) is 9.59 Å². The van der Waals surface area contributed by atoms with E-state index in [1.54, 1.807) is 49.6 Å². The third-order valence-electron chi connectivity index (χ3n) is 5.55. The summed E-state index contributed by atoms with van der Waals surface area (Å²) in [6.07, 6.45) is 2.47. The molecule has 1 heterocycles. The van der Waals surface area contributed by atoms with Crippen molar-refractivity contribution in [3.63, 3.8) is 0 Å². The van der Waals surface area contributed by atoms with Gasteiger partial charge in [-0.15, -0.1) is 0 Å². The Kier molecular flexibility index (Phi) is 6.68. The molecule has 0 radical (unpaired) electrons. The molecule has 1 amide bonds. The Morgan fingerprint density at radius 3 is 2.44 bits per heavy atom. The zero-order valence-electron chi connectivity index (χ0n) is 19.6. The van der Waals surface area contributed by atoms with Crippen LogP contribution in [0, 0.1) is 0 Å². The first kappa shape index (κ1) is 23.1. The maximum atomic E-state index is 13.0. The molecule has 3 aromatic rings. The fraction of sp³-hybridized carbons (Fsp3) is 0.214. The number of rotatable bonds is 7. The van der Waals surface area contributed by atoms with Crippen LogP contribution in [0.15, 0.2) is 78.9 Å². The quantitative estimate of drug-likeness (QED) is 0.392. The van der Waals surface area contributed by atoms with Crippen LogP contribution in [0.25, 0.3) is 5.70 Å². The zero-order chi connectivity index (χ0) is 24.1. The number of anilines is 1. The first-order valence-corrected chi connectivity index (χ1v) is 11.1. The van der Waals surface area contributed by atoms with Gasteiger partial charge in [0, 0.05) is 34.1 Å². The van der Waals surface area contributed by atoms with Crippen molar-refractivity contribution in [2.24, 2.45) is 0 Å². The first-order chi connectivity index (χ1) is 16.3. The van der Waals surface area contributed by atoms with Gasteiger partial charge in [0.1, 0.15) is 11.5 Å². The molecule has 6 nitrogen and oxygen atoms in total. The van der Waals surface area contributed by atoms with E-state index in [4.69, 9.17) is 9.47 Å². The largest absolute Gasteiger partial charge is 0.497 e. The van der Waals surface area contributed by atoms with Crippen molar-refractivity contribution in [1.82, 2.24) is 5.32 Å². The van der Waals surface area contributed by atoms with E-state index in [0.29, 0.717) is 17.0 Å². The average molecular weight is 457 g/mol. The van der Waals surface area contributed by atoms with E-state index in [0.717, 1.165) is 23.4 Å². The number of nitrogens with one attached hydrogen (secondary N) is 2. The van der Waals surface area contributed by atoms with E-state index >= 15 is 0 Å².